The van der Waals surface area contributed by atoms with Crippen LogP contribution in [0.2, 0.25) is 0 Å². The van der Waals surface area contributed by atoms with Gasteiger partial charge in [0.1, 0.15) is 18.2 Å². The lowest BCUT2D eigenvalue weighted by Crippen LogP contribution is -2.53. The maximum atomic E-state index is 14.5. The molecule has 0 aliphatic carbocycles. The van der Waals surface area contributed by atoms with E-state index in [1.165, 1.54) is 0 Å². The van der Waals surface area contributed by atoms with Gasteiger partial charge in [0, 0.05) is 38.0 Å². The van der Waals surface area contributed by atoms with Crippen LogP contribution in [0.15, 0.2) is 48.6 Å². The molecule has 2 saturated heterocycles. The summed E-state index contributed by atoms with van der Waals surface area (Å²) in [5.74, 6) is -1.29. The molecule has 1 unspecified atom stereocenters. The van der Waals surface area contributed by atoms with Crippen LogP contribution in [-0.4, -0.2) is 101 Å². The van der Waals surface area contributed by atoms with E-state index in [1.807, 2.05) is 41.3 Å². The van der Waals surface area contributed by atoms with Crippen molar-refractivity contribution in [1.29, 1.82) is 0 Å². The third kappa shape index (κ3) is 4.76. The molecule has 0 bridgehead atoms. The van der Waals surface area contributed by atoms with E-state index in [1.54, 1.807) is 26.2 Å². The molecule has 1 N–H and O–H groups in total. The fraction of sp³-hybridized carbons (Fsp3) is 0.567. The van der Waals surface area contributed by atoms with Crippen LogP contribution >= 0.6 is 11.8 Å². The highest BCUT2D eigenvalue weighted by Crippen LogP contribution is 2.61. The highest BCUT2D eigenvalue weighted by Gasteiger charge is 2.70. The van der Waals surface area contributed by atoms with E-state index >= 15 is 0 Å². The Morgan fingerprint density at radius 2 is 1.78 bits per heavy atom. The summed E-state index contributed by atoms with van der Waals surface area (Å²) in [6.45, 7) is 4.47. The number of para-hydroxylation sites is 1. The summed E-state index contributed by atoms with van der Waals surface area (Å²) in [5, 5.41) is 17.6. The molecule has 1 aromatic heterocycles. The van der Waals surface area contributed by atoms with Crippen LogP contribution in [0.5, 0.6) is 0 Å². The van der Waals surface area contributed by atoms with Gasteiger partial charge in [-0.2, -0.15) is 0 Å². The molecule has 2 aromatic rings. The second kappa shape index (κ2) is 11.6. The second-order valence-corrected chi connectivity index (χ2v) is 12.9. The normalized spacial score (nSPS) is 29.2. The molecule has 1 aromatic carbocycles. The van der Waals surface area contributed by atoms with Gasteiger partial charge in [-0.25, -0.2) is 4.68 Å². The van der Waals surface area contributed by atoms with Crippen molar-refractivity contribution in [1.82, 2.24) is 29.7 Å². The minimum absolute atomic E-state index is 0.0177. The van der Waals surface area contributed by atoms with Gasteiger partial charge in [0.15, 0.2) is 0 Å². The van der Waals surface area contributed by atoms with Crippen molar-refractivity contribution in [3.63, 3.8) is 0 Å². The maximum absolute atomic E-state index is 14.5. The van der Waals surface area contributed by atoms with Gasteiger partial charge in [-0.3, -0.25) is 14.4 Å². The zero-order chi connectivity index (χ0) is 28.6. The first-order valence-corrected chi connectivity index (χ1v) is 15.7. The van der Waals surface area contributed by atoms with Crippen LogP contribution in [0.1, 0.15) is 39.0 Å². The quantitative estimate of drug-likeness (QED) is 0.341. The lowest BCUT2D eigenvalue weighted by molar-refractivity contribution is -0.144. The van der Waals surface area contributed by atoms with Crippen LogP contribution in [0, 0.1) is 11.8 Å². The molecule has 218 valence electrons. The van der Waals surface area contributed by atoms with Crippen LogP contribution < -0.4 is 0 Å². The van der Waals surface area contributed by atoms with Crippen molar-refractivity contribution in [2.75, 3.05) is 32.8 Å². The third-order valence-corrected chi connectivity index (χ3v) is 10.6. The number of amides is 3. The van der Waals surface area contributed by atoms with Crippen molar-refractivity contribution >= 4 is 40.5 Å². The summed E-state index contributed by atoms with van der Waals surface area (Å²) in [7, 11) is 0. The molecule has 41 heavy (non-hydrogen) atoms. The van der Waals surface area contributed by atoms with Gasteiger partial charge in [0.25, 0.3) is 0 Å². The molecule has 5 atom stereocenters. The highest BCUT2D eigenvalue weighted by atomic mass is 32.2. The number of aliphatic hydroxyl groups is 1. The Hall–Kier alpha value is -3.18. The van der Waals surface area contributed by atoms with Gasteiger partial charge in [0.05, 0.1) is 22.1 Å². The van der Waals surface area contributed by atoms with Gasteiger partial charge in [-0.15, -0.1) is 16.9 Å². The Kier molecular flexibility index (Phi) is 7.91. The van der Waals surface area contributed by atoms with E-state index in [0.29, 0.717) is 26.2 Å². The number of rotatable bonds is 10. The summed E-state index contributed by atoms with van der Waals surface area (Å²) >= 11 is 1.62. The van der Waals surface area contributed by atoms with E-state index < -0.39 is 22.6 Å². The average Bonchev–Trinajstić information content (AvgIpc) is 3.52. The standard InChI is InChI=1S/C30H38N6O4S/c1-2-15-33-16-9-13-23-24(27(33)38)25-28(39)35(18-7-3-4-8-19-37)26-29(40)34(17-10-14-30(25,26)41-23)20-36-22-12-6-5-11-21(22)31-32-36/h5-6,9-14,23-26,37H,2-4,7-8,15-20H2,1H3/t23-,24+,25-,26?,30-/m0/s1. The number of hydrogen-bond donors (Lipinski definition) is 1. The zero-order valence-corrected chi connectivity index (χ0v) is 24.3. The van der Waals surface area contributed by atoms with E-state index in [0.717, 1.165) is 43.1 Å². The number of thioether (sulfide) groups is 1. The Labute approximate surface area is 244 Å². The Bertz CT molecular complexity index is 1380. The van der Waals surface area contributed by atoms with Gasteiger partial charge < -0.3 is 19.8 Å². The van der Waals surface area contributed by atoms with Gasteiger partial charge in [-0.1, -0.05) is 61.4 Å². The highest BCUT2D eigenvalue weighted by molar-refractivity contribution is 8.02. The van der Waals surface area contributed by atoms with E-state index in [4.69, 9.17) is 0 Å². The van der Waals surface area contributed by atoms with Crippen molar-refractivity contribution in [2.45, 2.75) is 61.7 Å². The zero-order valence-electron chi connectivity index (χ0n) is 23.5. The Morgan fingerprint density at radius 3 is 2.61 bits per heavy atom. The fourth-order valence-electron chi connectivity index (χ4n) is 7.00. The van der Waals surface area contributed by atoms with Crippen molar-refractivity contribution in [2.24, 2.45) is 11.8 Å². The Morgan fingerprint density at radius 1 is 0.976 bits per heavy atom. The largest absolute Gasteiger partial charge is 0.396 e. The maximum Gasteiger partial charge on any atom is 0.248 e. The SMILES string of the molecule is CCCN1CC=C[C@@H]2S[C@]34C=CCN(Cn5nnc6ccccc65)C(=O)C3N(CCCCCCO)C(=O)[C@@H]4[C@@H]2C1=O. The number of carbonyl (C=O) groups excluding carboxylic acids is 3. The number of unbranched alkanes of at least 4 members (excludes halogenated alkanes) is 3. The summed E-state index contributed by atoms with van der Waals surface area (Å²) in [4.78, 5) is 48.2. The first-order valence-electron chi connectivity index (χ1n) is 14.8. The lowest BCUT2D eigenvalue weighted by Gasteiger charge is -2.35. The molecule has 6 rings (SSSR count). The first-order chi connectivity index (χ1) is 20.0. The molecular weight excluding hydrogens is 540 g/mol. The minimum Gasteiger partial charge on any atom is -0.396 e. The number of aromatic nitrogens is 3. The third-order valence-electron chi connectivity index (χ3n) is 8.85. The number of nitrogens with zero attached hydrogens (tertiary/aromatic N) is 6. The first kappa shape index (κ1) is 28.0. The molecule has 0 saturated carbocycles. The molecule has 10 nitrogen and oxygen atoms in total. The minimum atomic E-state index is -0.816. The Balaban J connectivity index is 1.35. The smallest absolute Gasteiger partial charge is 0.248 e. The molecular formula is C30H38N6O4S. The molecule has 1 spiro atoms. The fourth-order valence-corrected chi connectivity index (χ4v) is 9.01. The molecule has 5 heterocycles. The van der Waals surface area contributed by atoms with Gasteiger partial charge in [0.2, 0.25) is 17.7 Å². The number of carbonyl (C=O) groups is 3. The van der Waals surface area contributed by atoms with Crippen molar-refractivity contribution in [3.8, 4) is 0 Å². The predicted molar refractivity (Wildman–Crippen MR) is 157 cm³/mol. The molecule has 4 aliphatic heterocycles. The molecule has 11 heteroatoms. The lowest BCUT2D eigenvalue weighted by atomic mass is 9.78. The van der Waals surface area contributed by atoms with E-state index in [9.17, 15) is 19.5 Å². The van der Waals surface area contributed by atoms with Crippen LogP contribution in [0.25, 0.3) is 11.0 Å². The van der Waals surface area contributed by atoms with Crippen molar-refractivity contribution in [3.05, 3.63) is 48.6 Å². The number of aliphatic hydroxyl groups excluding tert-OH is 1. The topological polar surface area (TPSA) is 112 Å². The summed E-state index contributed by atoms with van der Waals surface area (Å²) in [5.41, 5.74) is 1.60. The number of hydrogen-bond acceptors (Lipinski definition) is 7. The summed E-state index contributed by atoms with van der Waals surface area (Å²) in [6, 6.07) is 6.95. The summed E-state index contributed by atoms with van der Waals surface area (Å²) in [6.07, 6.45) is 12.2. The van der Waals surface area contributed by atoms with Crippen LogP contribution in [-0.2, 0) is 21.1 Å². The predicted octanol–water partition coefficient (Wildman–Crippen LogP) is 2.45. The van der Waals surface area contributed by atoms with Gasteiger partial charge in [-0.05, 0) is 31.4 Å². The molecule has 0 radical (unpaired) electrons. The van der Waals surface area contributed by atoms with E-state index in [-0.39, 0.29) is 36.2 Å². The molecule has 2 fully saturated rings. The number of likely N-dealkylation sites (tertiary alicyclic amines) is 1. The average molecular weight is 579 g/mol. The second-order valence-electron chi connectivity index (χ2n) is 11.4. The number of benzene rings is 1. The molecule has 4 aliphatic rings. The monoisotopic (exact) mass is 578 g/mol. The van der Waals surface area contributed by atoms with Crippen LogP contribution in [0.3, 0.4) is 0 Å². The van der Waals surface area contributed by atoms with E-state index in [2.05, 4.69) is 29.4 Å². The van der Waals surface area contributed by atoms with Gasteiger partial charge >= 0.3 is 0 Å². The van der Waals surface area contributed by atoms with Crippen molar-refractivity contribution < 1.29 is 19.5 Å². The van der Waals surface area contributed by atoms with Crippen LogP contribution in [0.4, 0.5) is 0 Å². The number of fused-ring (bicyclic) bond motifs is 3. The summed E-state index contributed by atoms with van der Waals surface area (Å²) < 4.78 is 0.913. The molecule has 3 amide bonds.